The van der Waals surface area contributed by atoms with Crippen LogP contribution < -0.4 is 10.1 Å². The Hall–Kier alpha value is -3.13. The van der Waals surface area contributed by atoms with Crippen LogP contribution in [-0.2, 0) is 4.79 Å². The van der Waals surface area contributed by atoms with Crippen LogP contribution in [0.1, 0.15) is 12.5 Å². The predicted molar refractivity (Wildman–Crippen MR) is 86.2 cm³/mol. The quantitative estimate of drug-likeness (QED) is 0.675. The second-order valence-electron chi connectivity index (χ2n) is 4.60. The summed E-state index contributed by atoms with van der Waals surface area (Å²) in [5.74, 6) is -0.401. The molecule has 0 bridgehead atoms. The number of hydrogen-bond donors (Lipinski definition) is 1. The maximum Gasteiger partial charge on any atom is 0.266 e. The average Bonchev–Trinajstić information content (AvgIpc) is 2.56. The van der Waals surface area contributed by atoms with Crippen LogP contribution >= 0.6 is 0 Å². The van der Waals surface area contributed by atoms with E-state index < -0.39 is 11.7 Å². The van der Waals surface area contributed by atoms with E-state index >= 15 is 0 Å². The van der Waals surface area contributed by atoms with Gasteiger partial charge in [-0.1, -0.05) is 18.2 Å². The highest BCUT2D eigenvalue weighted by Gasteiger charge is 2.11. The Kier molecular flexibility index (Phi) is 5.48. The van der Waals surface area contributed by atoms with E-state index in [9.17, 15) is 9.18 Å². The molecule has 0 radical (unpaired) electrons. The minimum Gasteiger partial charge on any atom is -0.494 e. The molecule has 2 aromatic carbocycles. The normalized spacial score (nSPS) is 10.7. The van der Waals surface area contributed by atoms with E-state index in [1.54, 1.807) is 42.5 Å². The van der Waals surface area contributed by atoms with Crippen LogP contribution in [0.2, 0.25) is 0 Å². The molecule has 1 amide bonds. The van der Waals surface area contributed by atoms with Crippen LogP contribution in [0.25, 0.3) is 6.08 Å². The molecular formula is C18H15FN2O2. The number of halogens is 1. The van der Waals surface area contributed by atoms with Crippen molar-refractivity contribution in [2.24, 2.45) is 0 Å². The number of hydrogen-bond acceptors (Lipinski definition) is 3. The molecule has 0 unspecified atom stereocenters. The summed E-state index contributed by atoms with van der Waals surface area (Å²) in [6, 6.07) is 14.5. The minimum absolute atomic E-state index is 0.177. The fourth-order valence-electron chi connectivity index (χ4n) is 1.90. The molecule has 0 aliphatic carbocycles. The van der Waals surface area contributed by atoms with E-state index in [-0.39, 0.29) is 11.1 Å². The van der Waals surface area contributed by atoms with E-state index in [0.29, 0.717) is 18.0 Å². The van der Waals surface area contributed by atoms with Crippen molar-refractivity contribution in [2.45, 2.75) is 6.92 Å². The summed E-state index contributed by atoms with van der Waals surface area (Å²) in [5, 5.41) is 11.7. The van der Waals surface area contributed by atoms with Gasteiger partial charge in [0.2, 0.25) is 0 Å². The minimum atomic E-state index is -0.597. The van der Waals surface area contributed by atoms with E-state index in [2.05, 4.69) is 5.32 Å². The molecule has 0 aromatic heterocycles. The molecule has 0 fully saturated rings. The number of anilines is 1. The molecular weight excluding hydrogens is 295 g/mol. The Morgan fingerprint density at radius 2 is 1.96 bits per heavy atom. The van der Waals surface area contributed by atoms with Crippen molar-refractivity contribution in [3.8, 4) is 11.8 Å². The predicted octanol–water partition coefficient (Wildman–Crippen LogP) is 3.77. The van der Waals surface area contributed by atoms with Gasteiger partial charge in [-0.05, 0) is 43.3 Å². The number of nitrogens with one attached hydrogen (secondary N) is 1. The van der Waals surface area contributed by atoms with Gasteiger partial charge in [0, 0.05) is 11.3 Å². The highest BCUT2D eigenvalue weighted by Crippen LogP contribution is 2.17. The number of nitriles is 1. The second kappa shape index (κ2) is 7.76. The molecule has 0 saturated heterocycles. The topological polar surface area (TPSA) is 62.1 Å². The molecule has 0 aliphatic heterocycles. The smallest absolute Gasteiger partial charge is 0.266 e. The molecule has 5 heteroatoms. The molecule has 23 heavy (non-hydrogen) atoms. The number of ether oxygens (including phenoxy) is 1. The molecule has 116 valence electrons. The lowest BCUT2D eigenvalue weighted by atomic mass is 10.1. The highest BCUT2D eigenvalue weighted by molar-refractivity contribution is 6.09. The Morgan fingerprint density at radius 1 is 1.26 bits per heavy atom. The maximum absolute atomic E-state index is 13.6. The van der Waals surface area contributed by atoms with E-state index in [4.69, 9.17) is 10.00 Å². The number of carbonyl (C=O) groups is 1. The molecule has 1 N–H and O–H groups in total. The maximum atomic E-state index is 13.6. The SMILES string of the molecule is CCOc1ccc(NC(=O)/C(C#N)=C/c2ccccc2F)cc1. The first-order valence-corrected chi connectivity index (χ1v) is 7.04. The van der Waals surface area contributed by atoms with E-state index in [1.165, 1.54) is 18.2 Å². The average molecular weight is 310 g/mol. The summed E-state index contributed by atoms with van der Waals surface area (Å²) in [7, 11) is 0. The molecule has 0 spiro atoms. The Bertz CT molecular complexity index is 761. The van der Waals surface area contributed by atoms with Gasteiger partial charge < -0.3 is 10.1 Å². The van der Waals surface area contributed by atoms with Gasteiger partial charge in [-0.2, -0.15) is 5.26 Å². The van der Waals surface area contributed by atoms with Crippen LogP contribution in [0.4, 0.5) is 10.1 Å². The van der Waals surface area contributed by atoms with Crippen LogP contribution in [0.3, 0.4) is 0 Å². The first-order chi connectivity index (χ1) is 11.1. The lowest BCUT2D eigenvalue weighted by Gasteiger charge is -2.06. The fraction of sp³-hybridized carbons (Fsp3) is 0.111. The third-order valence-corrected chi connectivity index (χ3v) is 2.99. The largest absolute Gasteiger partial charge is 0.494 e. The third-order valence-electron chi connectivity index (χ3n) is 2.99. The number of carbonyl (C=O) groups excluding carboxylic acids is 1. The van der Waals surface area contributed by atoms with Gasteiger partial charge in [0.15, 0.2) is 0 Å². The fourth-order valence-corrected chi connectivity index (χ4v) is 1.90. The number of rotatable bonds is 5. The molecule has 0 aliphatic rings. The van der Waals surface area contributed by atoms with Crippen molar-refractivity contribution < 1.29 is 13.9 Å². The lowest BCUT2D eigenvalue weighted by molar-refractivity contribution is -0.112. The summed E-state index contributed by atoms with van der Waals surface area (Å²) in [4.78, 5) is 12.1. The van der Waals surface area contributed by atoms with Gasteiger partial charge in [0.05, 0.1) is 6.61 Å². The summed E-state index contributed by atoms with van der Waals surface area (Å²) < 4.78 is 18.9. The summed E-state index contributed by atoms with van der Waals surface area (Å²) >= 11 is 0. The van der Waals surface area contributed by atoms with E-state index in [0.717, 1.165) is 0 Å². The van der Waals surface area contributed by atoms with Gasteiger partial charge in [-0.25, -0.2) is 4.39 Å². The van der Waals surface area contributed by atoms with Crippen molar-refractivity contribution in [3.63, 3.8) is 0 Å². The zero-order valence-corrected chi connectivity index (χ0v) is 12.5. The van der Waals surface area contributed by atoms with Crippen molar-refractivity contribution in [2.75, 3.05) is 11.9 Å². The first kappa shape index (κ1) is 16.2. The monoisotopic (exact) mass is 310 g/mol. The van der Waals surface area contributed by atoms with Gasteiger partial charge in [-0.3, -0.25) is 4.79 Å². The highest BCUT2D eigenvalue weighted by atomic mass is 19.1. The molecule has 2 aromatic rings. The summed E-state index contributed by atoms with van der Waals surface area (Å²) in [6.45, 7) is 2.43. The van der Waals surface area contributed by atoms with Crippen molar-refractivity contribution >= 4 is 17.7 Å². The first-order valence-electron chi connectivity index (χ1n) is 7.04. The zero-order chi connectivity index (χ0) is 16.7. The summed E-state index contributed by atoms with van der Waals surface area (Å²) in [5.41, 5.74) is 0.531. The second-order valence-corrected chi connectivity index (χ2v) is 4.60. The van der Waals surface area contributed by atoms with Crippen molar-refractivity contribution in [3.05, 3.63) is 65.5 Å². The Balaban J connectivity index is 2.14. The number of benzene rings is 2. The van der Waals surface area contributed by atoms with Gasteiger partial charge >= 0.3 is 0 Å². The zero-order valence-electron chi connectivity index (χ0n) is 12.5. The van der Waals surface area contributed by atoms with Gasteiger partial charge in [0.25, 0.3) is 5.91 Å². The van der Waals surface area contributed by atoms with Gasteiger partial charge in [-0.15, -0.1) is 0 Å². The Labute approximate surface area is 133 Å². The number of nitrogens with zero attached hydrogens (tertiary/aromatic N) is 1. The molecule has 2 rings (SSSR count). The lowest BCUT2D eigenvalue weighted by Crippen LogP contribution is -2.13. The molecule has 0 heterocycles. The van der Waals surface area contributed by atoms with E-state index in [1.807, 2.05) is 6.92 Å². The molecule has 0 saturated carbocycles. The molecule has 4 nitrogen and oxygen atoms in total. The number of amides is 1. The molecule has 0 atom stereocenters. The van der Waals surface area contributed by atoms with Crippen LogP contribution in [0, 0.1) is 17.1 Å². The standard InChI is InChI=1S/C18H15FN2O2/c1-2-23-16-9-7-15(8-10-16)21-18(22)14(12-20)11-13-5-3-4-6-17(13)19/h3-11H,2H2,1H3,(H,21,22)/b14-11+. The van der Waals surface area contributed by atoms with Crippen LogP contribution in [-0.4, -0.2) is 12.5 Å². The van der Waals surface area contributed by atoms with Gasteiger partial charge in [0.1, 0.15) is 23.2 Å². The van der Waals surface area contributed by atoms with Crippen molar-refractivity contribution in [1.82, 2.24) is 0 Å². The Morgan fingerprint density at radius 3 is 2.57 bits per heavy atom. The third kappa shape index (κ3) is 4.42. The summed E-state index contributed by atoms with van der Waals surface area (Å²) in [6.07, 6.45) is 1.22. The van der Waals surface area contributed by atoms with Crippen molar-refractivity contribution in [1.29, 1.82) is 5.26 Å². The van der Waals surface area contributed by atoms with Crippen LogP contribution in [0.15, 0.2) is 54.1 Å². The van der Waals surface area contributed by atoms with Crippen LogP contribution in [0.5, 0.6) is 5.75 Å².